The van der Waals surface area contributed by atoms with Crippen LogP contribution in [-0.2, 0) is 0 Å². The van der Waals surface area contributed by atoms with Gasteiger partial charge in [0.05, 0.1) is 25.3 Å². The molecule has 3 aromatic heterocycles. The molecule has 0 spiro atoms. The van der Waals surface area contributed by atoms with Gasteiger partial charge in [0.1, 0.15) is 11.7 Å². The fourth-order valence-electron chi connectivity index (χ4n) is 4.44. The standard InChI is InChI=1S/C24H27FN6O2/c1-15(14-32)30-10-8-21(19(25)13-30)27-24-28-23(33-2)22-18(7-11-31(22)29-24)16-5-6-20-17(12-16)4-3-9-26-20/h3-7,9,11-12,15,19,21,32H,8,10,13-14H2,1-2H3,(H,27,29)/t15-,19-,21+/m1/s1. The van der Waals surface area contributed by atoms with Crippen LogP contribution in [0.25, 0.3) is 27.5 Å². The molecule has 4 aromatic rings. The van der Waals surface area contributed by atoms with Gasteiger partial charge in [0.2, 0.25) is 11.8 Å². The van der Waals surface area contributed by atoms with Gasteiger partial charge in [-0.1, -0.05) is 12.1 Å². The highest BCUT2D eigenvalue weighted by Gasteiger charge is 2.32. The maximum Gasteiger partial charge on any atom is 0.244 e. The van der Waals surface area contributed by atoms with Gasteiger partial charge in [0.15, 0.2) is 0 Å². The van der Waals surface area contributed by atoms with Crippen molar-refractivity contribution in [2.24, 2.45) is 0 Å². The molecule has 1 aliphatic heterocycles. The van der Waals surface area contributed by atoms with Gasteiger partial charge in [0, 0.05) is 42.5 Å². The third-order valence-electron chi connectivity index (χ3n) is 6.36. The molecule has 0 unspecified atom stereocenters. The number of piperidine rings is 1. The summed E-state index contributed by atoms with van der Waals surface area (Å²) >= 11 is 0. The van der Waals surface area contributed by atoms with Crippen molar-refractivity contribution in [1.29, 1.82) is 0 Å². The van der Waals surface area contributed by atoms with Crippen molar-refractivity contribution in [2.75, 3.05) is 32.1 Å². The number of ether oxygens (including phenoxy) is 1. The molecule has 0 aliphatic carbocycles. The molecule has 0 bridgehead atoms. The second-order valence-electron chi connectivity index (χ2n) is 8.46. The first-order valence-electron chi connectivity index (χ1n) is 11.1. The van der Waals surface area contributed by atoms with Crippen LogP contribution in [0.1, 0.15) is 13.3 Å². The number of hydrogen-bond acceptors (Lipinski definition) is 7. The first kappa shape index (κ1) is 21.5. The fourth-order valence-corrected chi connectivity index (χ4v) is 4.44. The maximum atomic E-state index is 14.8. The van der Waals surface area contributed by atoms with Crippen molar-refractivity contribution in [2.45, 2.75) is 31.6 Å². The molecule has 5 rings (SSSR count). The molecule has 8 nitrogen and oxygen atoms in total. The van der Waals surface area contributed by atoms with Gasteiger partial charge in [-0.3, -0.25) is 9.88 Å². The van der Waals surface area contributed by atoms with E-state index in [2.05, 4.69) is 26.4 Å². The number of benzene rings is 1. The van der Waals surface area contributed by atoms with E-state index in [1.807, 2.05) is 48.4 Å². The summed E-state index contributed by atoms with van der Waals surface area (Å²) in [6.45, 7) is 2.89. The van der Waals surface area contributed by atoms with Gasteiger partial charge < -0.3 is 15.2 Å². The average molecular weight is 451 g/mol. The second-order valence-corrected chi connectivity index (χ2v) is 8.46. The van der Waals surface area contributed by atoms with Gasteiger partial charge in [-0.05, 0) is 43.2 Å². The van der Waals surface area contributed by atoms with E-state index in [1.54, 1.807) is 17.8 Å². The minimum atomic E-state index is -1.09. The van der Waals surface area contributed by atoms with Crippen molar-refractivity contribution in [3.63, 3.8) is 0 Å². The van der Waals surface area contributed by atoms with Gasteiger partial charge >= 0.3 is 0 Å². The van der Waals surface area contributed by atoms with Crippen molar-refractivity contribution in [3.05, 3.63) is 48.8 Å². The lowest BCUT2D eigenvalue weighted by Crippen LogP contribution is -2.51. The number of likely N-dealkylation sites (tertiary alicyclic amines) is 1. The Morgan fingerprint density at radius 2 is 2.18 bits per heavy atom. The van der Waals surface area contributed by atoms with E-state index >= 15 is 0 Å². The Morgan fingerprint density at radius 3 is 2.97 bits per heavy atom. The number of halogens is 1. The summed E-state index contributed by atoms with van der Waals surface area (Å²) in [4.78, 5) is 10.9. The third kappa shape index (κ3) is 4.09. The SMILES string of the molecule is COc1nc(N[C@H]2CCN([C@H](C)CO)C[C@H]2F)nn2ccc(-c3ccc4ncccc4c3)c12. The first-order chi connectivity index (χ1) is 16.1. The van der Waals surface area contributed by atoms with E-state index in [4.69, 9.17) is 4.74 Å². The van der Waals surface area contributed by atoms with Crippen LogP contribution in [0.3, 0.4) is 0 Å². The normalized spacial score (nSPS) is 20.2. The smallest absolute Gasteiger partial charge is 0.244 e. The van der Waals surface area contributed by atoms with E-state index in [-0.39, 0.29) is 19.2 Å². The van der Waals surface area contributed by atoms with Gasteiger partial charge in [-0.15, -0.1) is 5.10 Å². The molecule has 9 heteroatoms. The number of aliphatic hydroxyl groups excluding tert-OH is 1. The maximum absolute atomic E-state index is 14.8. The van der Waals surface area contributed by atoms with Crippen LogP contribution in [0.5, 0.6) is 5.88 Å². The van der Waals surface area contributed by atoms with E-state index in [0.717, 1.165) is 27.5 Å². The highest BCUT2D eigenvalue weighted by Crippen LogP contribution is 2.33. The highest BCUT2D eigenvalue weighted by molar-refractivity contribution is 5.90. The fraction of sp³-hybridized carbons (Fsp3) is 0.375. The zero-order chi connectivity index (χ0) is 22.9. The first-order valence-corrected chi connectivity index (χ1v) is 11.1. The largest absolute Gasteiger partial charge is 0.479 e. The number of nitrogens with zero attached hydrogens (tertiary/aromatic N) is 5. The molecule has 1 fully saturated rings. The quantitative estimate of drug-likeness (QED) is 0.467. The number of aromatic nitrogens is 4. The number of alkyl halides is 1. The zero-order valence-electron chi connectivity index (χ0n) is 18.6. The summed E-state index contributed by atoms with van der Waals surface area (Å²) in [5, 5.41) is 18.1. The van der Waals surface area contributed by atoms with Crippen LogP contribution in [0, 0.1) is 0 Å². The summed E-state index contributed by atoms with van der Waals surface area (Å²) in [5.41, 5.74) is 3.63. The molecule has 1 aliphatic rings. The monoisotopic (exact) mass is 450 g/mol. The van der Waals surface area contributed by atoms with Crippen LogP contribution in [0.15, 0.2) is 48.8 Å². The van der Waals surface area contributed by atoms with E-state index < -0.39 is 12.2 Å². The minimum absolute atomic E-state index is 0.0193. The van der Waals surface area contributed by atoms with Gasteiger partial charge in [-0.25, -0.2) is 8.91 Å². The number of fused-ring (bicyclic) bond motifs is 2. The number of methoxy groups -OCH3 is 1. The van der Waals surface area contributed by atoms with Crippen LogP contribution in [0.2, 0.25) is 0 Å². The summed E-state index contributed by atoms with van der Waals surface area (Å²) in [7, 11) is 1.57. The van der Waals surface area contributed by atoms with Gasteiger partial charge in [0.25, 0.3) is 0 Å². The Hall–Kier alpha value is -3.30. The van der Waals surface area contributed by atoms with Crippen LogP contribution >= 0.6 is 0 Å². The third-order valence-corrected chi connectivity index (χ3v) is 6.36. The lowest BCUT2D eigenvalue weighted by molar-refractivity contribution is 0.0672. The predicted molar refractivity (Wildman–Crippen MR) is 125 cm³/mol. The Morgan fingerprint density at radius 1 is 1.30 bits per heavy atom. The summed E-state index contributed by atoms with van der Waals surface area (Å²) in [6, 6.07) is 11.5. The Kier molecular flexibility index (Phi) is 5.82. The molecular weight excluding hydrogens is 423 g/mol. The Labute approximate surface area is 191 Å². The van der Waals surface area contributed by atoms with Gasteiger partial charge in [-0.2, -0.15) is 4.98 Å². The summed E-state index contributed by atoms with van der Waals surface area (Å²) < 4.78 is 22.2. The molecule has 4 heterocycles. The average Bonchev–Trinajstić information content (AvgIpc) is 3.28. The van der Waals surface area contributed by atoms with Crippen molar-refractivity contribution in [1.82, 2.24) is 24.5 Å². The summed E-state index contributed by atoms with van der Waals surface area (Å²) in [6.07, 6.45) is 3.13. The number of nitrogens with one attached hydrogen (secondary N) is 1. The van der Waals surface area contributed by atoms with Crippen molar-refractivity contribution in [3.8, 4) is 17.0 Å². The minimum Gasteiger partial charge on any atom is -0.479 e. The molecule has 2 N–H and O–H groups in total. The molecular formula is C24H27FN6O2. The number of hydrogen-bond donors (Lipinski definition) is 2. The number of rotatable bonds is 6. The molecule has 1 saturated heterocycles. The molecule has 3 atom stereocenters. The van der Waals surface area contributed by atoms with E-state index in [0.29, 0.717) is 24.8 Å². The Balaban J connectivity index is 1.43. The molecule has 0 radical (unpaired) electrons. The molecule has 172 valence electrons. The molecule has 1 aromatic carbocycles. The number of aliphatic hydroxyl groups is 1. The molecule has 0 saturated carbocycles. The van der Waals surface area contributed by atoms with Crippen LogP contribution < -0.4 is 10.1 Å². The Bertz CT molecular complexity index is 1280. The summed E-state index contributed by atoms with van der Waals surface area (Å²) in [5.74, 6) is 0.737. The topological polar surface area (TPSA) is 87.8 Å². The highest BCUT2D eigenvalue weighted by atomic mass is 19.1. The van der Waals surface area contributed by atoms with Crippen LogP contribution in [0.4, 0.5) is 10.3 Å². The number of anilines is 1. The predicted octanol–water partition coefficient (Wildman–Crippen LogP) is 3.16. The second kappa shape index (κ2) is 8.92. The zero-order valence-corrected chi connectivity index (χ0v) is 18.6. The lowest BCUT2D eigenvalue weighted by Gasteiger charge is -2.37. The molecule has 0 amide bonds. The van der Waals surface area contributed by atoms with E-state index in [1.165, 1.54) is 0 Å². The number of pyridine rings is 1. The van der Waals surface area contributed by atoms with Crippen molar-refractivity contribution >= 4 is 22.4 Å². The lowest BCUT2D eigenvalue weighted by atomic mass is 10.0. The molecule has 33 heavy (non-hydrogen) atoms. The van der Waals surface area contributed by atoms with Crippen molar-refractivity contribution < 1.29 is 14.2 Å². The van der Waals surface area contributed by atoms with E-state index in [9.17, 15) is 9.50 Å². The van der Waals surface area contributed by atoms with Crippen LogP contribution in [-0.4, -0.2) is 74.7 Å².